The molecule has 21 heavy (non-hydrogen) atoms. The van der Waals surface area contributed by atoms with Crippen molar-refractivity contribution in [1.82, 2.24) is 4.98 Å². The molecule has 3 aromatic rings. The highest BCUT2D eigenvalue weighted by Gasteiger charge is 2.10. The van der Waals surface area contributed by atoms with Crippen LogP contribution in [0.3, 0.4) is 0 Å². The summed E-state index contributed by atoms with van der Waals surface area (Å²) in [6.07, 6.45) is 0. The second-order valence-electron chi connectivity index (χ2n) is 4.56. The van der Waals surface area contributed by atoms with Gasteiger partial charge in [-0.25, -0.2) is 9.78 Å². The van der Waals surface area contributed by atoms with Crippen LogP contribution in [0.2, 0.25) is 5.02 Å². The molecule has 0 spiro atoms. The molecule has 104 valence electrons. The maximum absolute atomic E-state index is 12.0. The molecule has 1 aromatic heterocycles. The molecule has 3 rings (SSSR count). The molecule has 0 aliphatic carbocycles. The summed E-state index contributed by atoms with van der Waals surface area (Å²) in [4.78, 5) is 16.3. The van der Waals surface area contributed by atoms with Crippen molar-refractivity contribution in [1.29, 1.82) is 0 Å². The Morgan fingerprint density at radius 1 is 1.00 bits per heavy atom. The molecule has 4 heteroatoms. The van der Waals surface area contributed by atoms with Crippen LogP contribution >= 0.6 is 11.6 Å². The van der Waals surface area contributed by atoms with E-state index in [0.717, 1.165) is 16.5 Å². The Morgan fingerprint density at radius 2 is 1.76 bits per heavy atom. The highest BCUT2D eigenvalue weighted by molar-refractivity contribution is 6.31. The fraction of sp³-hybridized carbons (Fsp3) is 0.0588. The van der Waals surface area contributed by atoms with Crippen molar-refractivity contribution in [2.24, 2.45) is 0 Å². The van der Waals surface area contributed by atoms with E-state index in [9.17, 15) is 4.79 Å². The first-order chi connectivity index (χ1) is 10.2. The topological polar surface area (TPSA) is 39.2 Å². The van der Waals surface area contributed by atoms with Gasteiger partial charge in [-0.15, -0.1) is 0 Å². The number of carbonyl (C=O) groups is 1. The molecule has 0 N–H and O–H groups in total. The second-order valence-corrected chi connectivity index (χ2v) is 4.96. The minimum absolute atomic E-state index is 0.132. The van der Waals surface area contributed by atoms with E-state index in [4.69, 9.17) is 16.3 Å². The molecule has 0 aliphatic rings. The van der Waals surface area contributed by atoms with Crippen molar-refractivity contribution in [2.75, 3.05) is 0 Å². The Kier molecular flexibility index (Phi) is 3.84. The molecule has 2 aromatic carbocycles. The van der Waals surface area contributed by atoms with E-state index in [0.29, 0.717) is 10.7 Å². The summed E-state index contributed by atoms with van der Waals surface area (Å²) in [5.74, 6) is -0.458. The van der Waals surface area contributed by atoms with Gasteiger partial charge in [0.05, 0.1) is 5.52 Å². The highest BCUT2D eigenvalue weighted by atomic mass is 35.5. The number of hydrogen-bond donors (Lipinski definition) is 0. The monoisotopic (exact) mass is 297 g/mol. The van der Waals surface area contributed by atoms with Crippen LogP contribution < -0.4 is 0 Å². The maximum atomic E-state index is 12.0. The van der Waals surface area contributed by atoms with Gasteiger partial charge in [-0.2, -0.15) is 0 Å². The van der Waals surface area contributed by atoms with E-state index in [1.165, 1.54) is 0 Å². The SMILES string of the molecule is O=C(OCc1ccccc1Cl)c1ccc2ccccc2n1. The van der Waals surface area contributed by atoms with Crippen LogP contribution in [0.5, 0.6) is 0 Å². The summed E-state index contributed by atoms with van der Waals surface area (Å²) in [6, 6.07) is 18.4. The number of esters is 1. The summed E-state index contributed by atoms with van der Waals surface area (Å²) in [5.41, 5.74) is 1.83. The molecule has 1 heterocycles. The molecule has 0 amide bonds. The molecule has 0 radical (unpaired) electrons. The third-order valence-corrected chi connectivity index (χ3v) is 3.49. The van der Waals surface area contributed by atoms with Crippen LogP contribution in [0.25, 0.3) is 10.9 Å². The van der Waals surface area contributed by atoms with Gasteiger partial charge in [0.15, 0.2) is 0 Å². The molecule has 0 atom stereocenters. The summed E-state index contributed by atoms with van der Waals surface area (Å²) >= 11 is 6.02. The van der Waals surface area contributed by atoms with Gasteiger partial charge in [0.1, 0.15) is 12.3 Å². The number of nitrogens with zero attached hydrogens (tertiary/aromatic N) is 1. The minimum Gasteiger partial charge on any atom is -0.456 e. The van der Waals surface area contributed by atoms with Gasteiger partial charge in [-0.1, -0.05) is 54.1 Å². The molecule has 0 fully saturated rings. The van der Waals surface area contributed by atoms with Crippen LogP contribution in [0.15, 0.2) is 60.7 Å². The van der Waals surface area contributed by atoms with Gasteiger partial charge in [0.25, 0.3) is 0 Å². The van der Waals surface area contributed by atoms with Crippen LogP contribution in [0.4, 0.5) is 0 Å². The predicted octanol–water partition coefficient (Wildman–Crippen LogP) is 4.25. The molecule has 0 saturated heterocycles. The lowest BCUT2D eigenvalue weighted by Crippen LogP contribution is -2.07. The van der Waals surface area contributed by atoms with Gasteiger partial charge >= 0.3 is 5.97 Å². The number of hydrogen-bond acceptors (Lipinski definition) is 3. The first-order valence-electron chi connectivity index (χ1n) is 6.50. The van der Waals surface area contributed by atoms with E-state index in [2.05, 4.69) is 4.98 Å². The van der Waals surface area contributed by atoms with Crippen LogP contribution in [-0.2, 0) is 11.3 Å². The molecule has 0 saturated carbocycles. The number of para-hydroxylation sites is 1. The molecular weight excluding hydrogens is 286 g/mol. The number of pyridine rings is 1. The first kappa shape index (κ1) is 13.6. The lowest BCUT2D eigenvalue weighted by Gasteiger charge is -2.06. The number of ether oxygens (including phenoxy) is 1. The Labute approximate surface area is 127 Å². The average molecular weight is 298 g/mol. The highest BCUT2D eigenvalue weighted by Crippen LogP contribution is 2.17. The zero-order valence-electron chi connectivity index (χ0n) is 11.1. The lowest BCUT2D eigenvalue weighted by atomic mass is 10.2. The van der Waals surface area contributed by atoms with Gasteiger partial charge in [-0.3, -0.25) is 0 Å². The number of aromatic nitrogens is 1. The van der Waals surface area contributed by atoms with E-state index in [1.807, 2.05) is 48.5 Å². The summed E-state index contributed by atoms with van der Waals surface area (Å²) in [6.45, 7) is 0.132. The minimum atomic E-state index is -0.458. The van der Waals surface area contributed by atoms with E-state index >= 15 is 0 Å². The summed E-state index contributed by atoms with van der Waals surface area (Å²) < 4.78 is 5.26. The number of halogens is 1. The maximum Gasteiger partial charge on any atom is 0.357 e. The van der Waals surface area contributed by atoms with Crippen LogP contribution in [0, 0.1) is 0 Å². The zero-order valence-corrected chi connectivity index (χ0v) is 11.9. The van der Waals surface area contributed by atoms with Crippen LogP contribution in [0.1, 0.15) is 16.1 Å². The van der Waals surface area contributed by atoms with Crippen molar-refractivity contribution in [2.45, 2.75) is 6.61 Å². The number of fused-ring (bicyclic) bond motifs is 1. The van der Waals surface area contributed by atoms with Gasteiger partial charge in [-0.05, 0) is 18.2 Å². The van der Waals surface area contributed by atoms with Crippen molar-refractivity contribution in [3.63, 3.8) is 0 Å². The van der Waals surface area contributed by atoms with Crippen molar-refractivity contribution < 1.29 is 9.53 Å². The second kappa shape index (κ2) is 5.94. The normalized spacial score (nSPS) is 10.5. The van der Waals surface area contributed by atoms with Gasteiger partial charge in [0.2, 0.25) is 0 Å². The van der Waals surface area contributed by atoms with Crippen molar-refractivity contribution in [3.05, 3.63) is 76.9 Å². The number of rotatable bonds is 3. The molecule has 0 aliphatic heterocycles. The Balaban J connectivity index is 1.76. The molecule has 0 unspecified atom stereocenters. The van der Waals surface area contributed by atoms with E-state index < -0.39 is 5.97 Å². The Bertz CT molecular complexity index is 801. The number of benzene rings is 2. The van der Waals surface area contributed by atoms with E-state index in [1.54, 1.807) is 12.1 Å². The Morgan fingerprint density at radius 3 is 2.62 bits per heavy atom. The summed E-state index contributed by atoms with van der Waals surface area (Å²) in [7, 11) is 0. The third-order valence-electron chi connectivity index (χ3n) is 3.12. The van der Waals surface area contributed by atoms with E-state index in [-0.39, 0.29) is 6.61 Å². The molecular formula is C17H12ClNO2. The van der Waals surface area contributed by atoms with Gasteiger partial charge in [0, 0.05) is 16.0 Å². The lowest BCUT2D eigenvalue weighted by molar-refractivity contribution is 0.0466. The molecule has 3 nitrogen and oxygen atoms in total. The quantitative estimate of drug-likeness (QED) is 0.679. The average Bonchev–Trinajstić information content (AvgIpc) is 2.53. The van der Waals surface area contributed by atoms with Crippen molar-refractivity contribution in [3.8, 4) is 0 Å². The number of carbonyl (C=O) groups excluding carboxylic acids is 1. The van der Waals surface area contributed by atoms with Gasteiger partial charge < -0.3 is 4.74 Å². The van der Waals surface area contributed by atoms with Crippen LogP contribution in [-0.4, -0.2) is 11.0 Å². The third kappa shape index (κ3) is 3.03. The largest absolute Gasteiger partial charge is 0.456 e. The first-order valence-corrected chi connectivity index (χ1v) is 6.88. The molecule has 0 bridgehead atoms. The fourth-order valence-corrected chi connectivity index (χ4v) is 2.20. The fourth-order valence-electron chi connectivity index (χ4n) is 2.01. The zero-order chi connectivity index (χ0) is 14.7. The standard InChI is InChI=1S/C17H12ClNO2/c18-14-7-3-1-6-13(14)11-21-17(20)16-10-9-12-5-2-4-8-15(12)19-16/h1-10H,11H2. The predicted molar refractivity (Wildman–Crippen MR) is 82.3 cm³/mol. The van der Waals surface area contributed by atoms with Crippen molar-refractivity contribution >= 4 is 28.5 Å². The summed E-state index contributed by atoms with van der Waals surface area (Å²) in [5, 5.41) is 1.57. The Hall–Kier alpha value is -2.39. The smallest absolute Gasteiger partial charge is 0.357 e.